The normalized spacial score (nSPS) is 17.4. The van der Waals surface area contributed by atoms with Crippen molar-refractivity contribution in [2.75, 3.05) is 0 Å². The Morgan fingerprint density at radius 3 is 2.22 bits per heavy atom. The molecule has 0 bridgehead atoms. The summed E-state index contributed by atoms with van der Waals surface area (Å²) in [4.78, 5) is -0.309. The first kappa shape index (κ1) is 13.8. The Bertz CT molecular complexity index is 650. The molecule has 1 aliphatic carbocycles. The van der Waals surface area contributed by atoms with E-state index in [1.807, 2.05) is 0 Å². The molecule has 0 saturated heterocycles. The van der Waals surface area contributed by atoms with Gasteiger partial charge in [0.1, 0.15) is 0 Å². The quantitative estimate of drug-likeness (QED) is 0.854. The van der Waals surface area contributed by atoms with Crippen LogP contribution in [0.3, 0.4) is 0 Å². The van der Waals surface area contributed by atoms with E-state index in [1.54, 1.807) is 0 Å². The molecular weight excluding hydrogens is 298 g/mol. The fourth-order valence-electron chi connectivity index (χ4n) is 1.61. The number of sulfonamides is 1. The molecular formula is C10H12ClNO4S2. The molecule has 0 heterocycles. The van der Waals surface area contributed by atoms with E-state index in [1.165, 1.54) is 18.2 Å². The third kappa shape index (κ3) is 3.03. The number of rotatable bonds is 4. The highest BCUT2D eigenvalue weighted by molar-refractivity contribution is 8.13. The SMILES string of the molecule is O=S(=O)(Cl)c1cccc(S(=O)(=O)NC2CCC2)c1. The first-order chi connectivity index (χ1) is 8.29. The van der Waals surface area contributed by atoms with Gasteiger partial charge in [0, 0.05) is 16.7 Å². The predicted molar refractivity (Wildman–Crippen MR) is 67.4 cm³/mol. The van der Waals surface area contributed by atoms with Crippen molar-refractivity contribution in [3.63, 3.8) is 0 Å². The minimum Gasteiger partial charge on any atom is -0.208 e. The van der Waals surface area contributed by atoms with E-state index in [4.69, 9.17) is 10.7 Å². The number of benzene rings is 1. The van der Waals surface area contributed by atoms with Crippen molar-refractivity contribution in [3.8, 4) is 0 Å². The van der Waals surface area contributed by atoms with E-state index in [0.717, 1.165) is 25.3 Å². The number of halogens is 1. The van der Waals surface area contributed by atoms with Gasteiger partial charge in [-0.15, -0.1) is 0 Å². The van der Waals surface area contributed by atoms with Gasteiger partial charge in [0.2, 0.25) is 10.0 Å². The van der Waals surface area contributed by atoms with E-state index >= 15 is 0 Å². The summed E-state index contributed by atoms with van der Waals surface area (Å²) in [6.45, 7) is 0. The molecule has 1 aromatic rings. The van der Waals surface area contributed by atoms with Gasteiger partial charge in [-0.2, -0.15) is 0 Å². The summed E-state index contributed by atoms with van der Waals surface area (Å²) in [6, 6.07) is 4.96. The molecule has 8 heteroatoms. The second kappa shape index (κ2) is 4.80. The van der Waals surface area contributed by atoms with Crippen molar-refractivity contribution in [2.45, 2.75) is 35.1 Å². The van der Waals surface area contributed by atoms with Crippen LogP contribution in [0.15, 0.2) is 34.1 Å². The third-order valence-corrected chi connectivity index (χ3v) is 5.69. The van der Waals surface area contributed by atoms with E-state index in [-0.39, 0.29) is 15.8 Å². The van der Waals surface area contributed by atoms with Gasteiger partial charge in [-0.25, -0.2) is 21.6 Å². The summed E-state index contributed by atoms with van der Waals surface area (Å²) in [5.41, 5.74) is 0. The molecule has 5 nitrogen and oxygen atoms in total. The maximum atomic E-state index is 12.0. The number of hydrogen-bond donors (Lipinski definition) is 1. The van der Waals surface area contributed by atoms with Crippen LogP contribution in [0.1, 0.15) is 19.3 Å². The fourth-order valence-corrected chi connectivity index (χ4v) is 3.83. The first-order valence-electron chi connectivity index (χ1n) is 5.36. The smallest absolute Gasteiger partial charge is 0.208 e. The zero-order valence-corrected chi connectivity index (χ0v) is 11.7. The molecule has 1 aromatic carbocycles. The lowest BCUT2D eigenvalue weighted by atomic mass is 9.94. The van der Waals surface area contributed by atoms with Gasteiger partial charge in [0.25, 0.3) is 9.05 Å². The highest BCUT2D eigenvalue weighted by Gasteiger charge is 2.25. The van der Waals surface area contributed by atoms with E-state index in [0.29, 0.717) is 0 Å². The predicted octanol–water partition coefficient (Wildman–Crippen LogP) is 1.44. The third-order valence-electron chi connectivity index (χ3n) is 2.82. The van der Waals surface area contributed by atoms with Crippen LogP contribution in [0.4, 0.5) is 0 Å². The molecule has 18 heavy (non-hydrogen) atoms. The lowest BCUT2D eigenvalue weighted by Gasteiger charge is -2.26. The Morgan fingerprint density at radius 1 is 1.11 bits per heavy atom. The van der Waals surface area contributed by atoms with Crippen molar-refractivity contribution in [2.24, 2.45) is 0 Å². The highest BCUT2D eigenvalue weighted by Crippen LogP contribution is 2.23. The van der Waals surface area contributed by atoms with Gasteiger partial charge in [0.05, 0.1) is 9.79 Å². The Balaban J connectivity index is 2.32. The number of nitrogens with one attached hydrogen (secondary N) is 1. The maximum absolute atomic E-state index is 12.0. The molecule has 1 aliphatic rings. The minimum atomic E-state index is -3.93. The van der Waals surface area contributed by atoms with Crippen molar-refractivity contribution in [3.05, 3.63) is 24.3 Å². The molecule has 0 unspecified atom stereocenters. The first-order valence-corrected chi connectivity index (χ1v) is 9.15. The lowest BCUT2D eigenvalue weighted by Crippen LogP contribution is -2.39. The van der Waals surface area contributed by atoms with Crippen LogP contribution in [0.5, 0.6) is 0 Å². The van der Waals surface area contributed by atoms with Gasteiger partial charge in [0.15, 0.2) is 0 Å². The molecule has 0 amide bonds. The highest BCUT2D eigenvalue weighted by atomic mass is 35.7. The molecule has 0 aliphatic heterocycles. The van der Waals surface area contributed by atoms with Crippen molar-refractivity contribution in [1.82, 2.24) is 4.72 Å². The summed E-state index contributed by atoms with van der Waals surface area (Å²) in [5, 5.41) is 0. The molecule has 0 aromatic heterocycles. The summed E-state index contributed by atoms with van der Waals surface area (Å²) >= 11 is 0. The van der Waals surface area contributed by atoms with Crippen molar-refractivity contribution < 1.29 is 16.8 Å². The fraction of sp³-hybridized carbons (Fsp3) is 0.400. The standard InChI is InChI=1S/C10H12ClNO4S2/c11-17(13,14)9-5-2-6-10(7-9)18(15,16)12-8-3-1-4-8/h2,5-8,12H,1,3-4H2. The van der Waals surface area contributed by atoms with Crippen LogP contribution in [-0.4, -0.2) is 22.9 Å². The topological polar surface area (TPSA) is 80.3 Å². The van der Waals surface area contributed by atoms with Crippen LogP contribution in [0.2, 0.25) is 0 Å². The number of hydrogen-bond acceptors (Lipinski definition) is 4. The van der Waals surface area contributed by atoms with E-state index in [2.05, 4.69) is 4.72 Å². The molecule has 100 valence electrons. The molecule has 1 saturated carbocycles. The Labute approximate surface area is 111 Å². The molecule has 0 spiro atoms. The Kier molecular flexibility index (Phi) is 3.68. The Hall–Kier alpha value is -0.630. The van der Waals surface area contributed by atoms with Crippen LogP contribution in [-0.2, 0) is 19.1 Å². The molecule has 0 radical (unpaired) electrons. The summed E-state index contributed by atoms with van der Waals surface area (Å²) in [7, 11) is -2.42. The minimum absolute atomic E-state index is 0.0498. The molecule has 1 fully saturated rings. The van der Waals surface area contributed by atoms with Gasteiger partial charge in [-0.05, 0) is 31.0 Å². The lowest BCUT2D eigenvalue weighted by molar-refractivity contribution is 0.383. The van der Waals surface area contributed by atoms with Crippen LogP contribution < -0.4 is 4.72 Å². The molecule has 2 rings (SSSR count). The van der Waals surface area contributed by atoms with Crippen LogP contribution >= 0.6 is 10.7 Å². The van der Waals surface area contributed by atoms with Crippen molar-refractivity contribution in [1.29, 1.82) is 0 Å². The maximum Gasteiger partial charge on any atom is 0.261 e. The van der Waals surface area contributed by atoms with Crippen molar-refractivity contribution >= 4 is 29.8 Å². The molecule has 0 atom stereocenters. The van der Waals surface area contributed by atoms with E-state index < -0.39 is 19.1 Å². The van der Waals surface area contributed by atoms with Gasteiger partial charge in [-0.3, -0.25) is 0 Å². The van der Waals surface area contributed by atoms with Crippen LogP contribution in [0.25, 0.3) is 0 Å². The average molecular weight is 310 g/mol. The molecule has 1 N–H and O–H groups in total. The van der Waals surface area contributed by atoms with E-state index in [9.17, 15) is 16.8 Å². The Morgan fingerprint density at radius 2 is 1.72 bits per heavy atom. The second-order valence-corrected chi connectivity index (χ2v) is 8.44. The zero-order chi connectivity index (χ0) is 13.4. The summed E-state index contributed by atoms with van der Waals surface area (Å²) in [6.07, 6.45) is 2.63. The second-order valence-electron chi connectivity index (χ2n) is 4.16. The van der Waals surface area contributed by atoms with Gasteiger partial charge < -0.3 is 0 Å². The zero-order valence-electron chi connectivity index (χ0n) is 9.34. The van der Waals surface area contributed by atoms with Crippen LogP contribution in [0, 0.1) is 0 Å². The summed E-state index contributed by atoms with van der Waals surface area (Å²) in [5.74, 6) is 0. The monoisotopic (exact) mass is 309 g/mol. The van der Waals surface area contributed by atoms with Gasteiger partial charge in [-0.1, -0.05) is 12.5 Å². The average Bonchev–Trinajstić information content (AvgIpc) is 2.23. The van der Waals surface area contributed by atoms with Gasteiger partial charge >= 0.3 is 0 Å². The summed E-state index contributed by atoms with van der Waals surface area (Å²) < 4.78 is 48.8. The largest absolute Gasteiger partial charge is 0.261 e.